The van der Waals surface area contributed by atoms with Crippen LogP contribution in [0.25, 0.3) is 0 Å². The fourth-order valence-corrected chi connectivity index (χ4v) is 2.34. The van der Waals surface area contributed by atoms with Gasteiger partial charge in [0.2, 0.25) is 5.91 Å². The number of H-pyrrole nitrogens is 1. The second kappa shape index (κ2) is 6.43. The molecule has 2 N–H and O–H groups in total. The van der Waals surface area contributed by atoms with Gasteiger partial charge >= 0.3 is 0 Å². The van der Waals surface area contributed by atoms with Crippen molar-refractivity contribution in [1.29, 1.82) is 0 Å². The molecule has 0 spiro atoms. The average Bonchev–Trinajstić information content (AvgIpc) is 2.85. The van der Waals surface area contributed by atoms with Crippen LogP contribution in [0.15, 0.2) is 35.4 Å². The van der Waals surface area contributed by atoms with E-state index in [2.05, 4.69) is 15.5 Å². The molecule has 0 saturated heterocycles. The standard InChI is InChI=1S/C14H17N3OS/c1-3-11-8-15-17-14(11)16-13(18)9-19-12-6-4-10(2)5-7-12/h4-8H,3,9H2,1-2H3,(H2,15,16,17,18). The smallest absolute Gasteiger partial charge is 0.235 e. The predicted molar refractivity (Wildman–Crippen MR) is 78.5 cm³/mol. The van der Waals surface area contributed by atoms with Crippen molar-refractivity contribution in [2.45, 2.75) is 25.2 Å². The Morgan fingerprint density at radius 2 is 2.11 bits per heavy atom. The van der Waals surface area contributed by atoms with Crippen LogP contribution < -0.4 is 5.32 Å². The molecule has 0 bridgehead atoms. The average molecular weight is 275 g/mol. The summed E-state index contributed by atoms with van der Waals surface area (Å²) in [4.78, 5) is 12.9. The Balaban J connectivity index is 1.86. The molecule has 0 atom stereocenters. The van der Waals surface area contributed by atoms with E-state index in [1.165, 1.54) is 17.3 Å². The quantitative estimate of drug-likeness (QED) is 0.825. The number of carbonyl (C=O) groups is 1. The van der Waals surface area contributed by atoms with Crippen molar-refractivity contribution in [2.24, 2.45) is 0 Å². The van der Waals surface area contributed by atoms with E-state index in [0.717, 1.165) is 16.9 Å². The summed E-state index contributed by atoms with van der Waals surface area (Å²) >= 11 is 1.53. The second-order valence-electron chi connectivity index (χ2n) is 4.27. The third-order valence-electron chi connectivity index (χ3n) is 2.75. The normalized spacial score (nSPS) is 10.4. The third kappa shape index (κ3) is 3.86. The first-order valence-corrected chi connectivity index (χ1v) is 7.19. The van der Waals surface area contributed by atoms with Crippen LogP contribution in [-0.2, 0) is 11.2 Å². The molecule has 1 heterocycles. The molecule has 1 amide bonds. The molecule has 1 aromatic heterocycles. The lowest BCUT2D eigenvalue weighted by molar-refractivity contribution is -0.113. The molecule has 1 aromatic carbocycles. The Bertz CT molecular complexity index is 548. The van der Waals surface area contributed by atoms with Crippen molar-refractivity contribution in [3.8, 4) is 0 Å². The molecular formula is C14H17N3OS. The summed E-state index contributed by atoms with van der Waals surface area (Å²) in [5, 5.41) is 9.57. The molecule has 100 valence electrons. The molecule has 19 heavy (non-hydrogen) atoms. The van der Waals surface area contributed by atoms with Crippen molar-refractivity contribution >= 4 is 23.5 Å². The Morgan fingerprint density at radius 3 is 2.79 bits per heavy atom. The summed E-state index contributed by atoms with van der Waals surface area (Å²) in [5.74, 6) is 1.08. The summed E-state index contributed by atoms with van der Waals surface area (Å²) in [5.41, 5.74) is 2.24. The van der Waals surface area contributed by atoms with Crippen molar-refractivity contribution in [3.63, 3.8) is 0 Å². The van der Waals surface area contributed by atoms with Gasteiger partial charge in [0, 0.05) is 10.5 Å². The lowest BCUT2D eigenvalue weighted by Crippen LogP contribution is -2.15. The molecule has 2 rings (SSSR count). The van der Waals surface area contributed by atoms with Gasteiger partial charge in [0.25, 0.3) is 0 Å². The van der Waals surface area contributed by atoms with Gasteiger partial charge < -0.3 is 5.32 Å². The van der Waals surface area contributed by atoms with Crippen LogP contribution in [0.2, 0.25) is 0 Å². The van der Waals surface area contributed by atoms with E-state index in [1.54, 1.807) is 6.20 Å². The Kier molecular flexibility index (Phi) is 4.63. The van der Waals surface area contributed by atoms with Crippen molar-refractivity contribution < 1.29 is 4.79 Å². The molecule has 0 aliphatic carbocycles. The van der Waals surface area contributed by atoms with Crippen LogP contribution in [0, 0.1) is 6.92 Å². The van der Waals surface area contributed by atoms with E-state index >= 15 is 0 Å². The minimum absolute atomic E-state index is 0.0236. The number of carbonyl (C=O) groups excluding carboxylic acids is 1. The number of anilines is 1. The maximum Gasteiger partial charge on any atom is 0.235 e. The summed E-state index contributed by atoms with van der Waals surface area (Å²) in [6.45, 7) is 4.08. The number of aromatic nitrogens is 2. The second-order valence-corrected chi connectivity index (χ2v) is 5.32. The predicted octanol–water partition coefficient (Wildman–Crippen LogP) is 3.01. The van der Waals surface area contributed by atoms with Crippen LogP contribution in [0.3, 0.4) is 0 Å². The monoisotopic (exact) mass is 275 g/mol. The number of thioether (sulfide) groups is 1. The van der Waals surface area contributed by atoms with Gasteiger partial charge in [-0.15, -0.1) is 11.8 Å². The summed E-state index contributed by atoms with van der Waals surface area (Å²) in [7, 11) is 0. The van der Waals surface area contributed by atoms with E-state index < -0.39 is 0 Å². The molecule has 0 unspecified atom stereocenters. The highest BCUT2D eigenvalue weighted by Gasteiger charge is 2.08. The van der Waals surface area contributed by atoms with Gasteiger partial charge in [-0.25, -0.2) is 0 Å². The number of nitrogens with zero attached hydrogens (tertiary/aromatic N) is 1. The lowest BCUT2D eigenvalue weighted by atomic mass is 10.2. The number of nitrogens with one attached hydrogen (secondary N) is 2. The Hall–Kier alpha value is -1.75. The zero-order valence-electron chi connectivity index (χ0n) is 11.1. The highest BCUT2D eigenvalue weighted by Crippen LogP contribution is 2.19. The first-order chi connectivity index (χ1) is 9.19. The van der Waals surface area contributed by atoms with E-state index in [4.69, 9.17) is 0 Å². The van der Waals surface area contributed by atoms with E-state index in [-0.39, 0.29) is 5.91 Å². The van der Waals surface area contributed by atoms with Crippen molar-refractivity contribution in [2.75, 3.05) is 11.1 Å². The number of amides is 1. The minimum atomic E-state index is -0.0236. The fraction of sp³-hybridized carbons (Fsp3) is 0.286. The van der Waals surface area contributed by atoms with E-state index in [1.807, 2.05) is 38.1 Å². The number of benzene rings is 1. The molecule has 0 fully saturated rings. The highest BCUT2D eigenvalue weighted by atomic mass is 32.2. The van der Waals surface area contributed by atoms with Gasteiger partial charge in [-0.05, 0) is 25.5 Å². The van der Waals surface area contributed by atoms with Crippen LogP contribution in [0.1, 0.15) is 18.1 Å². The first kappa shape index (κ1) is 13.7. The molecule has 2 aromatic rings. The molecule has 0 saturated carbocycles. The third-order valence-corrected chi connectivity index (χ3v) is 3.77. The van der Waals surface area contributed by atoms with Gasteiger partial charge in [-0.3, -0.25) is 9.89 Å². The lowest BCUT2D eigenvalue weighted by Gasteiger charge is -2.05. The van der Waals surface area contributed by atoms with Crippen LogP contribution in [-0.4, -0.2) is 21.9 Å². The van der Waals surface area contributed by atoms with Gasteiger partial charge in [0.15, 0.2) is 0 Å². The van der Waals surface area contributed by atoms with Gasteiger partial charge in [-0.1, -0.05) is 24.6 Å². The molecule has 0 aliphatic heterocycles. The van der Waals surface area contributed by atoms with E-state index in [0.29, 0.717) is 11.6 Å². The van der Waals surface area contributed by atoms with Gasteiger partial charge in [0.1, 0.15) is 5.82 Å². The number of hydrogen-bond acceptors (Lipinski definition) is 3. The summed E-state index contributed by atoms with van der Waals surface area (Å²) in [6, 6.07) is 8.15. The fourth-order valence-electron chi connectivity index (χ4n) is 1.65. The first-order valence-electron chi connectivity index (χ1n) is 6.20. The molecule has 4 nitrogen and oxygen atoms in total. The summed E-state index contributed by atoms with van der Waals surface area (Å²) < 4.78 is 0. The maximum absolute atomic E-state index is 11.8. The largest absolute Gasteiger partial charge is 0.310 e. The number of aryl methyl sites for hydroxylation is 2. The van der Waals surface area contributed by atoms with Crippen LogP contribution >= 0.6 is 11.8 Å². The molecule has 0 aliphatic rings. The van der Waals surface area contributed by atoms with Gasteiger partial charge in [-0.2, -0.15) is 5.10 Å². The SMILES string of the molecule is CCc1cn[nH]c1NC(=O)CSc1ccc(C)cc1. The van der Waals surface area contributed by atoms with Crippen LogP contribution in [0.5, 0.6) is 0 Å². The highest BCUT2D eigenvalue weighted by molar-refractivity contribution is 8.00. The number of rotatable bonds is 5. The zero-order valence-corrected chi connectivity index (χ0v) is 11.9. The molecule has 0 radical (unpaired) electrons. The van der Waals surface area contributed by atoms with Crippen LogP contribution in [0.4, 0.5) is 5.82 Å². The van der Waals surface area contributed by atoms with E-state index in [9.17, 15) is 4.79 Å². The molecule has 5 heteroatoms. The number of hydrogen-bond donors (Lipinski definition) is 2. The summed E-state index contributed by atoms with van der Waals surface area (Å²) in [6.07, 6.45) is 2.58. The zero-order chi connectivity index (χ0) is 13.7. The molecular weight excluding hydrogens is 258 g/mol. The maximum atomic E-state index is 11.8. The minimum Gasteiger partial charge on any atom is -0.310 e. The number of aromatic amines is 1. The Morgan fingerprint density at radius 1 is 1.37 bits per heavy atom. The topological polar surface area (TPSA) is 57.8 Å². The van der Waals surface area contributed by atoms with Gasteiger partial charge in [0.05, 0.1) is 11.9 Å². The van der Waals surface area contributed by atoms with Crippen molar-refractivity contribution in [1.82, 2.24) is 10.2 Å². The Labute approximate surface area is 117 Å². The van der Waals surface area contributed by atoms with Crippen molar-refractivity contribution in [3.05, 3.63) is 41.6 Å².